The van der Waals surface area contributed by atoms with Gasteiger partial charge in [-0.2, -0.15) is 0 Å². The molecule has 0 atom stereocenters. The third-order valence-corrected chi connectivity index (χ3v) is 2.97. The fourth-order valence-corrected chi connectivity index (χ4v) is 2.11. The molecule has 1 amide bonds. The number of carbonyl (C=O) groups excluding carboxylic acids is 1. The summed E-state index contributed by atoms with van der Waals surface area (Å²) in [5.74, 6) is -0.301. The molecule has 0 unspecified atom stereocenters. The highest BCUT2D eigenvalue weighted by Crippen LogP contribution is 2.18. The number of carbonyl (C=O) groups is 1. The predicted octanol–water partition coefficient (Wildman–Crippen LogP) is 0.316. The van der Waals surface area contributed by atoms with Crippen LogP contribution in [0.3, 0.4) is 0 Å². The van der Waals surface area contributed by atoms with Crippen molar-refractivity contribution in [3.05, 3.63) is 29.3 Å². The normalized spacial score (nSPS) is 11.1. The van der Waals surface area contributed by atoms with Crippen LogP contribution in [-0.2, 0) is 10.0 Å². The van der Waals surface area contributed by atoms with E-state index in [1.807, 2.05) is 6.92 Å². The smallest absolute Gasteiger partial charge is 0.253 e. The Balaban J connectivity index is 2.97. The van der Waals surface area contributed by atoms with Crippen LogP contribution in [0.15, 0.2) is 18.2 Å². The van der Waals surface area contributed by atoms with Gasteiger partial charge in [-0.05, 0) is 26.1 Å². The van der Waals surface area contributed by atoms with E-state index in [-0.39, 0.29) is 11.6 Å². The van der Waals surface area contributed by atoms with E-state index in [9.17, 15) is 13.2 Å². The van der Waals surface area contributed by atoms with E-state index < -0.39 is 10.0 Å². The van der Waals surface area contributed by atoms with E-state index in [1.165, 1.54) is 0 Å². The van der Waals surface area contributed by atoms with E-state index in [4.69, 9.17) is 0 Å². The zero-order chi connectivity index (χ0) is 14.5. The Hall–Kier alpha value is -1.60. The van der Waals surface area contributed by atoms with Crippen LogP contribution in [0.1, 0.15) is 15.9 Å². The van der Waals surface area contributed by atoms with Gasteiger partial charge in [-0.15, -0.1) is 0 Å². The average molecular weight is 285 g/mol. The minimum absolute atomic E-state index is 0.287. The largest absolute Gasteiger partial charge is 0.351 e. The summed E-state index contributed by atoms with van der Waals surface area (Å²) in [6.45, 7) is 2.96. The molecule has 1 rings (SSSR count). The summed E-state index contributed by atoms with van der Waals surface area (Å²) in [5.41, 5.74) is 1.49. The van der Waals surface area contributed by atoms with Crippen LogP contribution in [0, 0.1) is 6.92 Å². The van der Waals surface area contributed by atoms with E-state index in [1.54, 1.807) is 25.2 Å². The lowest BCUT2D eigenvalue weighted by atomic mass is 10.1. The van der Waals surface area contributed by atoms with Gasteiger partial charge >= 0.3 is 0 Å². The van der Waals surface area contributed by atoms with Gasteiger partial charge in [0.15, 0.2) is 0 Å². The summed E-state index contributed by atoms with van der Waals surface area (Å²) in [6.07, 6.45) is 1.05. The molecule has 3 N–H and O–H groups in total. The molecule has 1 aromatic carbocycles. The Morgan fingerprint density at radius 3 is 2.53 bits per heavy atom. The molecule has 0 aromatic heterocycles. The number of anilines is 1. The highest BCUT2D eigenvalue weighted by atomic mass is 32.2. The van der Waals surface area contributed by atoms with Gasteiger partial charge in [0.05, 0.1) is 17.5 Å². The van der Waals surface area contributed by atoms with Crippen molar-refractivity contribution >= 4 is 21.6 Å². The molecule has 0 aliphatic rings. The average Bonchev–Trinajstić information content (AvgIpc) is 2.30. The first-order valence-corrected chi connectivity index (χ1v) is 7.74. The van der Waals surface area contributed by atoms with Gasteiger partial charge in [-0.1, -0.05) is 11.6 Å². The summed E-state index contributed by atoms with van der Waals surface area (Å²) < 4.78 is 24.9. The molecule has 106 valence electrons. The first-order chi connectivity index (χ1) is 8.83. The first kappa shape index (κ1) is 15.5. The molecule has 6 nitrogen and oxygen atoms in total. The van der Waals surface area contributed by atoms with Crippen molar-refractivity contribution in [1.82, 2.24) is 10.6 Å². The van der Waals surface area contributed by atoms with Crippen molar-refractivity contribution < 1.29 is 13.2 Å². The maximum absolute atomic E-state index is 12.0. The van der Waals surface area contributed by atoms with Gasteiger partial charge < -0.3 is 10.6 Å². The topological polar surface area (TPSA) is 87.3 Å². The lowest BCUT2D eigenvalue weighted by Crippen LogP contribution is -2.31. The minimum Gasteiger partial charge on any atom is -0.351 e. The number of aryl methyl sites for hydroxylation is 1. The van der Waals surface area contributed by atoms with Crippen LogP contribution in [0.25, 0.3) is 0 Å². The fourth-order valence-electron chi connectivity index (χ4n) is 1.53. The molecule has 0 aliphatic carbocycles. The standard InChI is InChI=1S/C12H19N3O3S/c1-9-4-5-11(15-19(3,17)18)10(8-9)12(16)14-7-6-13-2/h4-5,8,13,15H,6-7H2,1-3H3,(H,14,16). The lowest BCUT2D eigenvalue weighted by Gasteiger charge is -2.12. The van der Waals surface area contributed by atoms with E-state index in [2.05, 4.69) is 15.4 Å². The maximum atomic E-state index is 12.0. The number of hydrogen-bond donors (Lipinski definition) is 3. The van der Waals surface area contributed by atoms with Crippen molar-refractivity contribution in [3.8, 4) is 0 Å². The van der Waals surface area contributed by atoms with Crippen molar-refractivity contribution in [2.45, 2.75) is 6.92 Å². The summed E-state index contributed by atoms with van der Waals surface area (Å²) in [5, 5.41) is 5.63. The zero-order valence-electron chi connectivity index (χ0n) is 11.3. The molecule has 0 spiro atoms. The Kier molecular flexibility index (Phi) is 5.31. The van der Waals surface area contributed by atoms with Crippen molar-refractivity contribution in [1.29, 1.82) is 0 Å². The molecule has 0 bridgehead atoms. The number of amides is 1. The van der Waals surface area contributed by atoms with Gasteiger partial charge in [-0.3, -0.25) is 9.52 Å². The van der Waals surface area contributed by atoms with E-state index in [0.29, 0.717) is 18.7 Å². The fraction of sp³-hybridized carbons (Fsp3) is 0.417. The van der Waals surface area contributed by atoms with Crippen molar-refractivity contribution in [2.75, 3.05) is 31.1 Å². The van der Waals surface area contributed by atoms with Crippen LogP contribution in [-0.4, -0.2) is 40.7 Å². The number of likely N-dealkylation sites (N-methyl/N-ethyl adjacent to an activating group) is 1. The SMILES string of the molecule is CNCCNC(=O)c1cc(C)ccc1NS(C)(=O)=O. The highest BCUT2D eigenvalue weighted by molar-refractivity contribution is 7.92. The molecule has 0 saturated carbocycles. The second-order valence-corrected chi connectivity index (χ2v) is 6.03. The van der Waals surface area contributed by atoms with Gasteiger partial charge in [0.1, 0.15) is 0 Å². The third kappa shape index (κ3) is 5.27. The Labute approximate surface area is 113 Å². The van der Waals surface area contributed by atoms with Gasteiger partial charge in [0.2, 0.25) is 10.0 Å². The number of hydrogen-bond acceptors (Lipinski definition) is 4. The molecule has 0 radical (unpaired) electrons. The molecule has 0 saturated heterocycles. The number of benzene rings is 1. The van der Waals surface area contributed by atoms with Gasteiger partial charge in [0.25, 0.3) is 5.91 Å². The molecule has 1 aromatic rings. The first-order valence-electron chi connectivity index (χ1n) is 5.84. The van der Waals surface area contributed by atoms with Crippen LogP contribution >= 0.6 is 0 Å². The number of nitrogens with one attached hydrogen (secondary N) is 3. The Bertz CT molecular complexity index is 555. The summed E-state index contributed by atoms with van der Waals surface area (Å²) in [7, 11) is -1.63. The lowest BCUT2D eigenvalue weighted by molar-refractivity contribution is 0.0955. The molecule has 0 fully saturated rings. The van der Waals surface area contributed by atoms with Crippen LogP contribution < -0.4 is 15.4 Å². The molecule has 7 heteroatoms. The molecular formula is C12H19N3O3S. The van der Waals surface area contributed by atoms with Crippen LogP contribution in [0.2, 0.25) is 0 Å². The predicted molar refractivity (Wildman–Crippen MR) is 75.9 cm³/mol. The summed E-state index contributed by atoms with van der Waals surface area (Å²) in [6, 6.07) is 4.99. The van der Waals surface area contributed by atoms with Crippen LogP contribution in [0.5, 0.6) is 0 Å². The number of rotatable bonds is 6. The monoisotopic (exact) mass is 285 g/mol. The molecule has 0 heterocycles. The number of sulfonamides is 1. The molecule has 19 heavy (non-hydrogen) atoms. The quantitative estimate of drug-likeness (QED) is 0.657. The van der Waals surface area contributed by atoms with Crippen LogP contribution in [0.4, 0.5) is 5.69 Å². The van der Waals surface area contributed by atoms with Gasteiger partial charge in [0, 0.05) is 13.1 Å². The zero-order valence-corrected chi connectivity index (χ0v) is 12.1. The summed E-state index contributed by atoms with van der Waals surface area (Å²) >= 11 is 0. The van der Waals surface area contributed by atoms with Gasteiger partial charge in [-0.25, -0.2) is 8.42 Å². The summed E-state index contributed by atoms with van der Waals surface area (Å²) in [4.78, 5) is 12.0. The second-order valence-electron chi connectivity index (χ2n) is 4.28. The molecule has 0 aliphatic heterocycles. The second kappa shape index (κ2) is 6.53. The Morgan fingerprint density at radius 2 is 1.95 bits per heavy atom. The highest BCUT2D eigenvalue weighted by Gasteiger charge is 2.13. The minimum atomic E-state index is -3.41. The third-order valence-electron chi connectivity index (χ3n) is 2.38. The Morgan fingerprint density at radius 1 is 1.26 bits per heavy atom. The molecular weight excluding hydrogens is 266 g/mol. The maximum Gasteiger partial charge on any atom is 0.253 e. The van der Waals surface area contributed by atoms with Crippen molar-refractivity contribution in [3.63, 3.8) is 0 Å². The van der Waals surface area contributed by atoms with Crippen molar-refractivity contribution in [2.24, 2.45) is 0 Å². The van der Waals surface area contributed by atoms with E-state index >= 15 is 0 Å². The van der Waals surface area contributed by atoms with E-state index in [0.717, 1.165) is 11.8 Å².